The summed E-state index contributed by atoms with van der Waals surface area (Å²) >= 11 is 1.10. The lowest BCUT2D eigenvalue weighted by Crippen LogP contribution is -2.58. The maximum atomic E-state index is 15.3. The van der Waals surface area contributed by atoms with Gasteiger partial charge in [0.05, 0.1) is 23.4 Å². The lowest BCUT2D eigenvalue weighted by molar-refractivity contribution is -0.137. The summed E-state index contributed by atoms with van der Waals surface area (Å²) in [6.45, 7) is 7.88. The second kappa shape index (κ2) is 11.6. The maximum Gasteiger partial charge on any atom is 0.417 e. The zero-order valence-corrected chi connectivity index (χ0v) is 25.2. The van der Waals surface area contributed by atoms with Gasteiger partial charge in [0.15, 0.2) is 0 Å². The molecule has 2 aliphatic heterocycles. The summed E-state index contributed by atoms with van der Waals surface area (Å²) < 4.78 is 77.1. The van der Waals surface area contributed by atoms with E-state index in [0.717, 1.165) is 30.0 Å². The number of rotatable bonds is 5. The molecule has 1 unspecified atom stereocenters. The average Bonchev–Trinajstić information content (AvgIpc) is 3.41. The number of imidazole rings is 1. The smallest absolute Gasteiger partial charge is 0.352 e. The first-order valence-corrected chi connectivity index (χ1v) is 15.3. The number of piperazine rings is 1. The van der Waals surface area contributed by atoms with E-state index in [4.69, 9.17) is 0 Å². The first-order chi connectivity index (χ1) is 21.4. The van der Waals surface area contributed by atoms with E-state index in [0.29, 0.717) is 24.8 Å². The summed E-state index contributed by atoms with van der Waals surface area (Å²) in [4.78, 5) is 38.4. The van der Waals surface area contributed by atoms with Gasteiger partial charge in [-0.3, -0.25) is 9.36 Å². The van der Waals surface area contributed by atoms with Crippen molar-refractivity contribution in [1.82, 2.24) is 24.0 Å². The van der Waals surface area contributed by atoms with Crippen molar-refractivity contribution in [2.45, 2.75) is 56.0 Å². The van der Waals surface area contributed by atoms with Crippen LogP contribution in [0.5, 0.6) is 0 Å². The number of alkyl halides is 3. The molecule has 0 bridgehead atoms. The van der Waals surface area contributed by atoms with Gasteiger partial charge in [-0.1, -0.05) is 6.58 Å². The monoisotopic (exact) mass is 644 g/mol. The normalized spacial score (nSPS) is 20.4. The van der Waals surface area contributed by atoms with Gasteiger partial charge in [-0.05, 0) is 44.5 Å². The molecule has 1 amide bonds. The Kier molecular flexibility index (Phi) is 7.96. The number of benzene rings is 2. The largest absolute Gasteiger partial charge is 0.417 e. The molecule has 236 valence electrons. The molecule has 45 heavy (non-hydrogen) atoms. The second-order valence-electron chi connectivity index (χ2n) is 11.3. The van der Waals surface area contributed by atoms with Gasteiger partial charge in [0.2, 0.25) is 5.91 Å². The fourth-order valence-corrected chi connectivity index (χ4v) is 7.84. The molecule has 2 aliphatic rings. The third kappa shape index (κ3) is 5.49. The van der Waals surface area contributed by atoms with Gasteiger partial charge < -0.3 is 14.4 Å². The van der Waals surface area contributed by atoms with E-state index < -0.39 is 46.2 Å². The summed E-state index contributed by atoms with van der Waals surface area (Å²) in [5.74, 6) is -1.98. The third-order valence-corrected chi connectivity index (χ3v) is 9.47. The van der Waals surface area contributed by atoms with Crippen molar-refractivity contribution < 1.29 is 26.7 Å². The van der Waals surface area contributed by atoms with Gasteiger partial charge in [-0.2, -0.15) is 18.2 Å². The number of hydrogen-bond donors (Lipinski definition) is 0. The Hall–Kier alpha value is -4.20. The number of aromatic nitrogens is 4. The van der Waals surface area contributed by atoms with Gasteiger partial charge in [0.25, 0.3) is 0 Å². The molecule has 6 rings (SSSR count). The van der Waals surface area contributed by atoms with Crippen LogP contribution in [0.15, 0.2) is 65.3 Å². The predicted octanol–water partition coefficient (Wildman–Crippen LogP) is 5.91. The number of nitrogens with zero attached hydrogens (tertiary/aromatic N) is 6. The first kappa shape index (κ1) is 30.8. The molecule has 8 nitrogen and oxygen atoms in total. The van der Waals surface area contributed by atoms with Crippen molar-refractivity contribution in [3.05, 3.63) is 83.3 Å². The van der Waals surface area contributed by atoms with Crippen LogP contribution in [0.2, 0.25) is 0 Å². The van der Waals surface area contributed by atoms with Crippen molar-refractivity contribution in [1.29, 1.82) is 0 Å². The lowest BCUT2D eigenvalue weighted by atomic mass is 9.95. The van der Waals surface area contributed by atoms with Crippen LogP contribution in [0.4, 0.5) is 27.8 Å². The summed E-state index contributed by atoms with van der Waals surface area (Å²) in [5, 5.41) is 0.0797. The Morgan fingerprint density at radius 3 is 2.51 bits per heavy atom. The van der Waals surface area contributed by atoms with Gasteiger partial charge in [0, 0.05) is 77.3 Å². The third-order valence-electron chi connectivity index (χ3n) is 8.34. The van der Waals surface area contributed by atoms with E-state index in [-0.39, 0.29) is 52.7 Å². The standard InChI is InChI=1S/C31H29F5N6O2S/c1-4-25(43)41-17(2)13-40(14-18(41)3)29-22-12-23(31(34,35)36)26(21-6-5-19(32)11-24(21)33)28-27(22)42(30(44)38-29)20(7-10-45-28)15-39-9-8-37-16-39/h4-6,8-9,11-12,16-18,20H,1,7,10,13-15H2,2-3H3/t17-,18+,20?. The van der Waals surface area contributed by atoms with Crippen molar-refractivity contribution in [2.75, 3.05) is 23.7 Å². The van der Waals surface area contributed by atoms with Crippen molar-refractivity contribution >= 4 is 34.4 Å². The van der Waals surface area contributed by atoms with E-state index in [2.05, 4.69) is 16.5 Å². The second-order valence-corrected chi connectivity index (χ2v) is 12.4. The average molecular weight is 645 g/mol. The van der Waals surface area contributed by atoms with E-state index in [1.54, 1.807) is 46.9 Å². The summed E-state index contributed by atoms with van der Waals surface area (Å²) in [5.41, 5.74) is -2.45. The van der Waals surface area contributed by atoms with E-state index in [1.807, 2.05) is 0 Å². The van der Waals surface area contributed by atoms with Crippen LogP contribution < -0.4 is 10.6 Å². The highest BCUT2D eigenvalue weighted by Crippen LogP contribution is 2.49. The van der Waals surface area contributed by atoms with Crippen LogP contribution in [0, 0.1) is 11.6 Å². The molecular weight excluding hydrogens is 615 g/mol. The Morgan fingerprint density at radius 2 is 1.89 bits per heavy atom. The fourth-order valence-electron chi connectivity index (χ4n) is 6.53. The Balaban J connectivity index is 1.66. The van der Waals surface area contributed by atoms with Gasteiger partial charge in [-0.25, -0.2) is 18.6 Å². The Bertz CT molecular complexity index is 1850. The highest BCUT2D eigenvalue weighted by atomic mass is 32.2. The predicted molar refractivity (Wildman–Crippen MR) is 161 cm³/mol. The molecule has 0 radical (unpaired) electrons. The zero-order chi connectivity index (χ0) is 32.2. The van der Waals surface area contributed by atoms with Crippen LogP contribution in [0.25, 0.3) is 22.0 Å². The molecule has 0 N–H and O–H groups in total. The number of thioether (sulfide) groups is 1. The molecule has 2 aromatic carbocycles. The SMILES string of the molecule is C=CC(=O)N1[C@H](C)CN(c2nc(=O)n3c4c(c(-c5ccc(F)cc5F)c(C(F)(F)F)cc24)SCCC3Cn2ccnc2)C[C@@H]1C. The number of hydrogen-bond acceptors (Lipinski definition) is 6. The minimum absolute atomic E-state index is 0.0532. The number of amides is 1. The Labute approximate surface area is 259 Å². The van der Waals surface area contributed by atoms with Gasteiger partial charge in [-0.15, -0.1) is 11.8 Å². The van der Waals surface area contributed by atoms with Crippen LogP contribution in [0.1, 0.15) is 31.9 Å². The molecular formula is C31H29F5N6O2S. The summed E-state index contributed by atoms with van der Waals surface area (Å²) in [7, 11) is 0. The van der Waals surface area contributed by atoms with Crippen molar-refractivity contribution in [3.63, 3.8) is 0 Å². The molecule has 0 saturated carbocycles. The van der Waals surface area contributed by atoms with Gasteiger partial charge in [0.1, 0.15) is 17.5 Å². The quantitative estimate of drug-likeness (QED) is 0.199. The van der Waals surface area contributed by atoms with E-state index in [1.165, 1.54) is 10.6 Å². The van der Waals surface area contributed by atoms with Crippen LogP contribution >= 0.6 is 11.8 Å². The number of carbonyl (C=O) groups is 1. The number of anilines is 1. The molecule has 0 spiro atoms. The topological polar surface area (TPSA) is 76.3 Å². The number of carbonyl (C=O) groups excluding carboxylic acids is 1. The van der Waals surface area contributed by atoms with Crippen LogP contribution in [-0.4, -0.2) is 60.8 Å². The van der Waals surface area contributed by atoms with Crippen LogP contribution in [-0.2, 0) is 17.5 Å². The van der Waals surface area contributed by atoms with Crippen LogP contribution in [0.3, 0.4) is 0 Å². The van der Waals surface area contributed by atoms with Crippen molar-refractivity contribution in [2.24, 2.45) is 0 Å². The molecule has 3 atom stereocenters. The van der Waals surface area contributed by atoms with Gasteiger partial charge >= 0.3 is 11.9 Å². The lowest BCUT2D eigenvalue weighted by Gasteiger charge is -2.44. The summed E-state index contributed by atoms with van der Waals surface area (Å²) in [6, 6.07) is 2.14. The highest BCUT2D eigenvalue weighted by Gasteiger charge is 2.40. The Morgan fingerprint density at radius 1 is 1.16 bits per heavy atom. The molecule has 1 saturated heterocycles. The molecule has 14 heteroatoms. The fraction of sp³-hybridized carbons (Fsp3) is 0.355. The van der Waals surface area contributed by atoms with E-state index >= 15 is 4.39 Å². The molecule has 2 aromatic heterocycles. The molecule has 0 aliphatic carbocycles. The van der Waals surface area contributed by atoms with Crippen molar-refractivity contribution in [3.8, 4) is 11.1 Å². The minimum Gasteiger partial charge on any atom is -0.352 e. The highest BCUT2D eigenvalue weighted by molar-refractivity contribution is 7.99. The molecule has 4 aromatic rings. The maximum absolute atomic E-state index is 15.3. The molecule has 1 fully saturated rings. The molecule has 4 heterocycles. The minimum atomic E-state index is -4.93. The first-order valence-electron chi connectivity index (χ1n) is 14.3. The zero-order valence-electron chi connectivity index (χ0n) is 24.4. The summed E-state index contributed by atoms with van der Waals surface area (Å²) in [6.07, 6.45) is 1.57. The number of halogens is 5. The van der Waals surface area contributed by atoms with E-state index in [9.17, 15) is 27.2 Å².